The van der Waals surface area contributed by atoms with Crippen molar-refractivity contribution in [2.75, 3.05) is 11.5 Å². The van der Waals surface area contributed by atoms with Gasteiger partial charge in [0.1, 0.15) is 0 Å². The highest BCUT2D eigenvalue weighted by molar-refractivity contribution is 8.00. The summed E-state index contributed by atoms with van der Waals surface area (Å²) in [4.78, 5) is 22.0. The number of nitrogens with one attached hydrogen (secondary N) is 1. The average molecular weight is 339 g/mol. The second-order valence-corrected chi connectivity index (χ2v) is 5.62. The van der Waals surface area contributed by atoms with Crippen LogP contribution in [0.15, 0.2) is 0 Å². The second kappa shape index (κ2) is 7.03. The summed E-state index contributed by atoms with van der Waals surface area (Å²) in [5, 5.41) is 14.3. The lowest BCUT2D eigenvalue weighted by atomic mass is 10.0. The molecule has 1 amide bonds. The molecule has 0 aliphatic carbocycles. The normalized spacial score (nSPS) is 13.0. The Labute approximate surface area is 129 Å². The van der Waals surface area contributed by atoms with Crippen LogP contribution in [0.5, 0.6) is 0 Å². The van der Waals surface area contributed by atoms with Crippen molar-refractivity contribution in [3.63, 3.8) is 0 Å². The fourth-order valence-corrected chi connectivity index (χ4v) is 2.50. The van der Waals surface area contributed by atoms with Gasteiger partial charge in [-0.1, -0.05) is 0 Å². The number of amides is 1. The number of halogens is 3. The molecule has 1 rings (SSSR count). The van der Waals surface area contributed by atoms with Crippen molar-refractivity contribution in [3.8, 4) is 0 Å². The molecule has 0 aliphatic rings. The lowest BCUT2D eigenvalue weighted by molar-refractivity contribution is -0.163. The van der Waals surface area contributed by atoms with E-state index in [4.69, 9.17) is 5.11 Å². The second-order valence-electron chi connectivity index (χ2n) is 4.64. The van der Waals surface area contributed by atoms with Crippen molar-refractivity contribution in [1.29, 1.82) is 0 Å². The van der Waals surface area contributed by atoms with Crippen molar-refractivity contribution in [2.24, 2.45) is 7.05 Å². The zero-order valence-corrected chi connectivity index (χ0v) is 13.0. The van der Waals surface area contributed by atoms with E-state index in [0.717, 1.165) is 11.8 Å². The summed E-state index contributed by atoms with van der Waals surface area (Å²) in [6, 6.07) is -2.17. The molecule has 1 atom stereocenters. The molecule has 124 valence electrons. The largest absolute Gasteiger partial charge is 0.481 e. The minimum Gasteiger partial charge on any atom is -0.481 e. The van der Waals surface area contributed by atoms with Crippen molar-refractivity contribution in [3.05, 3.63) is 17.0 Å². The summed E-state index contributed by atoms with van der Waals surface area (Å²) in [5.74, 6) is -2.73. The predicted molar refractivity (Wildman–Crippen MR) is 74.6 cm³/mol. The minimum absolute atomic E-state index is 0.0911. The van der Waals surface area contributed by atoms with Gasteiger partial charge < -0.3 is 10.4 Å². The van der Waals surface area contributed by atoms with Crippen LogP contribution in [0.3, 0.4) is 0 Å². The van der Waals surface area contributed by atoms with Crippen molar-refractivity contribution >= 4 is 23.6 Å². The standard InChI is InChI=1S/C12H16F3N3O3S/c1-6-10(7(2)18(3)17-6)11(12(13,14)15)16-8(19)4-22-5-9(20)21/h11H,4-5H2,1-3H3,(H,16,19)(H,20,21). The molecule has 0 aromatic carbocycles. The maximum atomic E-state index is 13.2. The van der Waals surface area contributed by atoms with Gasteiger partial charge in [0, 0.05) is 18.3 Å². The summed E-state index contributed by atoms with van der Waals surface area (Å²) in [7, 11) is 1.52. The van der Waals surface area contributed by atoms with Crippen LogP contribution in [0.2, 0.25) is 0 Å². The summed E-state index contributed by atoms with van der Waals surface area (Å²) in [6.45, 7) is 2.92. The van der Waals surface area contributed by atoms with Gasteiger partial charge in [-0.25, -0.2) is 0 Å². The number of carboxylic acids is 1. The summed E-state index contributed by atoms with van der Waals surface area (Å²) >= 11 is 0.731. The fraction of sp³-hybridized carbons (Fsp3) is 0.583. The Hall–Kier alpha value is -1.71. The molecule has 10 heteroatoms. The Bertz CT molecular complexity index is 572. The van der Waals surface area contributed by atoms with E-state index in [9.17, 15) is 22.8 Å². The zero-order valence-electron chi connectivity index (χ0n) is 12.2. The number of hydrogen-bond acceptors (Lipinski definition) is 4. The summed E-state index contributed by atoms with van der Waals surface area (Å²) in [6.07, 6.45) is -4.67. The van der Waals surface area contributed by atoms with Crippen molar-refractivity contribution < 1.29 is 27.9 Å². The number of carboxylic acid groups (broad SMARTS) is 1. The molecular weight excluding hydrogens is 323 g/mol. The molecule has 0 aliphatic heterocycles. The Morgan fingerprint density at radius 1 is 1.36 bits per heavy atom. The van der Waals surface area contributed by atoms with Crippen LogP contribution < -0.4 is 5.32 Å². The number of hydrogen-bond donors (Lipinski definition) is 2. The minimum atomic E-state index is -4.67. The highest BCUT2D eigenvalue weighted by Gasteiger charge is 2.44. The first-order chi connectivity index (χ1) is 10.0. The molecule has 0 radical (unpaired) electrons. The molecule has 1 aromatic rings. The van der Waals surface area contributed by atoms with Gasteiger partial charge in [-0.05, 0) is 13.8 Å². The van der Waals surface area contributed by atoms with E-state index in [1.807, 2.05) is 5.32 Å². The summed E-state index contributed by atoms with van der Waals surface area (Å²) < 4.78 is 41.0. The first-order valence-electron chi connectivity index (χ1n) is 6.19. The van der Waals surface area contributed by atoms with Crippen LogP contribution in [0.25, 0.3) is 0 Å². The number of nitrogens with zero attached hydrogens (tertiary/aromatic N) is 2. The smallest absolute Gasteiger partial charge is 0.413 e. The molecule has 2 N–H and O–H groups in total. The Kier molecular flexibility index (Phi) is 5.86. The average Bonchev–Trinajstić information content (AvgIpc) is 2.59. The number of aliphatic carboxylic acids is 1. The van der Waals surface area contributed by atoms with Crippen LogP contribution in [0.1, 0.15) is 23.0 Å². The number of carbonyl (C=O) groups is 2. The predicted octanol–water partition coefficient (Wildman–Crippen LogP) is 1.57. The number of carbonyl (C=O) groups excluding carboxylic acids is 1. The molecular formula is C12H16F3N3O3S. The van der Waals surface area contributed by atoms with Gasteiger partial charge in [-0.15, -0.1) is 11.8 Å². The van der Waals surface area contributed by atoms with Crippen molar-refractivity contribution in [1.82, 2.24) is 15.1 Å². The van der Waals surface area contributed by atoms with Crippen LogP contribution in [-0.4, -0.2) is 44.4 Å². The van der Waals surface area contributed by atoms with E-state index >= 15 is 0 Å². The lowest BCUT2D eigenvalue weighted by Crippen LogP contribution is -2.39. The van der Waals surface area contributed by atoms with Crippen molar-refractivity contribution in [2.45, 2.75) is 26.1 Å². The van der Waals surface area contributed by atoms with E-state index in [1.54, 1.807) is 0 Å². The van der Waals surface area contributed by atoms with Gasteiger partial charge >= 0.3 is 12.1 Å². The van der Waals surface area contributed by atoms with E-state index in [-0.39, 0.29) is 22.8 Å². The number of alkyl halides is 3. The number of aryl methyl sites for hydroxylation is 2. The molecule has 1 heterocycles. The molecule has 0 bridgehead atoms. The maximum absolute atomic E-state index is 13.2. The molecule has 22 heavy (non-hydrogen) atoms. The van der Waals surface area contributed by atoms with Gasteiger partial charge in [0.05, 0.1) is 17.2 Å². The molecule has 1 aromatic heterocycles. The third-order valence-electron chi connectivity index (χ3n) is 2.95. The first kappa shape index (κ1) is 18.3. The Morgan fingerprint density at radius 3 is 2.36 bits per heavy atom. The summed E-state index contributed by atoms with van der Waals surface area (Å²) in [5.41, 5.74) is 0.394. The van der Waals surface area contributed by atoms with Gasteiger partial charge in [-0.2, -0.15) is 18.3 Å². The van der Waals surface area contributed by atoms with E-state index in [2.05, 4.69) is 5.10 Å². The molecule has 6 nitrogen and oxygen atoms in total. The van der Waals surface area contributed by atoms with Crippen LogP contribution in [0, 0.1) is 13.8 Å². The molecule has 0 saturated heterocycles. The van der Waals surface area contributed by atoms with Gasteiger partial charge in [-0.3, -0.25) is 14.3 Å². The first-order valence-corrected chi connectivity index (χ1v) is 7.35. The van der Waals surface area contributed by atoms with E-state index in [1.165, 1.54) is 25.6 Å². The third kappa shape index (κ3) is 4.65. The van der Waals surface area contributed by atoms with Gasteiger partial charge in [0.15, 0.2) is 6.04 Å². The van der Waals surface area contributed by atoms with Crippen LogP contribution in [-0.2, 0) is 16.6 Å². The SMILES string of the molecule is Cc1nn(C)c(C)c1C(NC(=O)CSCC(=O)O)C(F)(F)F. The topological polar surface area (TPSA) is 84.2 Å². The van der Waals surface area contributed by atoms with E-state index in [0.29, 0.717) is 5.69 Å². The molecule has 0 saturated carbocycles. The monoisotopic (exact) mass is 339 g/mol. The molecule has 0 fully saturated rings. The molecule has 1 unspecified atom stereocenters. The quantitative estimate of drug-likeness (QED) is 0.822. The number of thioether (sulfide) groups is 1. The third-order valence-corrected chi connectivity index (χ3v) is 3.86. The Balaban J connectivity index is 2.91. The van der Waals surface area contributed by atoms with E-state index < -0.39 is 24.1 Å². The maximum Gasteiger partial charge on any atom is 0.413 e. The highest BCUT2D eigenvalue weighted by Crippen LogP contribution is 2.35. The lowest BCUT2D eigenvalue weighted by Gasteiger charge is -2.22. The highest BCUT2D eigenvalue weighted by atomic mass is 32.2. The fourth-order valence-electron chi connectivity index (χ4n) is 1.96. The Morgan fingerprint density at radius 2 is 1.95 bits per heavy atom. The zero-order chi connectivity index (χ0) is 17.1. The number of rotatable bonds is 6. The van der Waals surface area contributed by atoms with Crippen LogP contribution >= 0.6 is 11.8 Å². The van der Waals surface area contributed by atoms with Gasteiger partial charge in [0.2, 0.25) is 5.91 Å². The van der Waals surface area contributed by atoms with Crippen LogP contribution in [0.4, 0.5) is 13.2 Å². The number of aromatic nitrogens is 2. The molecule has 0 spiro atoms. The van der Waals surface area contributed by atoms with Gasteiger partial charge in [0.25, 0.3) is 0 Å².